The summed E-state index contributed by atoms with van der Waals surface area (Å²) >= 11 is 0. The molecule has 130 valence electrons. The van der Waals surface area contributed by atoms with Gasteiger partial charge in [-0.25, -0.2) is 9.78 Å². The Morgan fingerprint density at radius 1 is 1.29 bits per heavy atom. The number of nitrogens with zero attached hydrogens (tertiary/aromatic N) is 2. The second-order valence-corrected chi connectivity index (χ2v) is 7.13. The Morgan fingerprint density at radius 3 is 2.54 bits per heavy atom. The van der Waals surface area contributed by atoms with Crippen molar-refractivity contribution in [2.24, 2.45) is 5.73 Å². The third-order valence-corrected chi connectivity index (χ3v) is 4.18. The predicted molar refractivity (Wildman–Crippen MR) is 95.0 cm³/mol. The van der Waals surface area contributed by atoms with Gasteiger partial charge in [0.1, 0.15) is 0 Å². The molecule has 0 aliphatic carbocycles. The maximum absolute atomic E-state index is 10.5. The molecule has 2 rings (SSSR count). The predicted octanol–water partition coefficient (Wildman–Crippen LogP) is 3.82. The highest BCUT2D eigenvalue weighted by Crippen LogP contribution is 2.25. The molecule has 2 aromatic rings. The number of carbonyl (C=O) groups is 1. The van der Waals surface area contributed by atoms with E-state index in [4.69, 9.17) is 10.5 Å². The van der Waals surface area contributed by atoms with E-state index in [2.05, 4.69) is 61.5 Å². The SMILES string of the molecule is CC(c1ccc(C(C)(C)C)cc1)n1cnc(CCCOC(N)=O)c1. The number of rotatable bonds is 6. The number of aryl methyl sites for hydroxylation is 1. The van der Waals surface area contributed by atoms with Crippen LogP contribution in [0.25, 0.3) is 0 Å². The molecule has 0 aliphatic heterocycles. The van der Waals surface area contributed by atoms with E-state index in [0.29, 0.717) is 13.0 Å². The van der Waals surface area contributed by atoms with Gasteiger partial charge >= 0.3 is 6.09 Å². The van der Waals surface area contributed by atoms with Crippen LogP contribution in [0.5, 0.6) is 0 Å². The number of carbonyl (C=O) groups excluding carboxylic acids is 1. The standard InChI is InChI=1S/C19H27N3O2/c1-14(15-7-9-16(10-8-15)19(2,3)4)22-12-17(21-13-22)6-5-11-24-18(20)23/h7-10,12-14H,5-6,11H2,1-4H3,(H2,20,23). The highest BCUT2D eigenvalue weighted by molar-refractivity contribution is 5.64. The van der Waals surface area contributed by atoms with Gasteiger partial charge in [-0.05, 0) is 36.3 Å². The summed E-state index contributed by atoms with van der Waals surface area (Å²) in [5.41, 5.74) is 8.67. The van der Waals surface area contributed by atoms with Crippen LogP contribution >= 0.6 is 0 Å². The van der Waals surface area contributed by atoms with Gasteiger partial charge in [0.15, 0.2) is 0 Å². The summed E-state index contributed by atoms with van der Waals surface area (Å²) in [7, 11) is 0. The van der Waals surface area contributed by atoms with Gasteiger partial charge in [-0.15, -0.1) is 0 Å². The molecule has 24 heavy (non-hydrogen) atoms. The fourth-order valence-electron chi connectivity index (χ4n) is 2.58. The molecule has 0 fully saturated rings. The number of nitrogens with two attached hydrogens (primary N) is 1. The van der Waals surface area contributed by atoms with Crippen LogP contribution in [0.4, 0.5) is 4.79 Å². The first-order valence-corrected chi connectivity index (χ1v) is 8.32. The summed E-state index contributed by atoms with van der Waals surface area (Å²) in [6.45, 7) is 9.14. The molecule has 2 N–H and O–H groups in total. The number of benzene rings is 1. The molecule has 5 heteroatoms. The summed E-state index contributed by atoms with van der Waals surface area (Å²) in [5, 5.41) is 0. The monoisotopic (exact) mass is 329 g/mol. The molecule has 1 unspecified atom stereocenters. The summed E-state index contributed by atoms with van der Waals surface area (Å²) in [4.78, 5) is 15.0. The van der Waals surface area contributed by atoms with Gasteiger partial charge in [0.05, 0.1) is 24.7 Å². The van der Waals surface area contributed by atoms with E-state index < -0.39 is 6.09 Å². The minimum Gasteiger partial charge on any atom is -0.450 e. The van der Waals surface area contributed by atoms with E-state index in [1.54, 1.807) is 0 Å². The molecule has 0 spiro atoms. The van der Waals surface area contributed by atoms with Gasteiger partial charge in [0, 0.05) is 6.20 Å². The molecule has 0 saturated carbocycles. The van der Waals surface area contributed by atoms with Crippen LogP contribution in [0.3, 0.4) is 0 Å². The maximum atomic E-state index is 10.5. The molecular formula is C19H27N3O2. The fourth-order valence-corrected chi connectivity index (χ4v) is 2.58. The first-order chi connectivity index (χ1) is 11.3. The van der Waals surface area contributed by atoms with Gasteiger partial charge in [0.2, 0.25) is 0 Å². The normalized spacial score (nSPS) is 12.8. The smallest absolute Gasteiger partial charge is 0.404 e. The third kappa shape index (κ3) is 4.85. The molecule has 1 amide bonds. The Labute approximate surface area is 143 Å². The summed E-state index contributed by atoms with van der Waals surface area (Å²) in [6, 6.07) is 8.99. The summed E-state index contributed by atoms with van der Waals surface area (Å²) in [6.07, 6.45) is 4.65. The van der Waals surface area contributed by atoms with Crippen molar-refractivity contribution >= 4 is 6.09 Å². The van der Waals surface area contributed by atoms with Crippen molar-refractivity contribution in [1.29, 1.82) is 0 Å². The lowest BCUT2D eigenvalue weighted by Crippen LogP contribution is -2.14. The number of hydrogen-bond donors (Lipinski definition) is 1. The van der Waals surface area contributed by atoms with Crippen LogP contribution in [0.2, 0.25) is 0 Å². The van der Waals surface area contributed by atoms with E-state index in [1.165, 1.54) is 11.1 Å². The average molecular weight is 329 g/mol. The Balaban J connectivity index is 1.97. The molecule has 1 heterocycles. The van der Waals surface area contributed by atoms with Crippen molar-refractivity contribution in [3.63, 3.8) is 0 Å². The Morgan fingerprint density at radius 2 is 1.96 bits per heavy atom. The molecule has 0 bridgehead atoms. The number of hydrogen-bond acceptors (Lipinski definition) is 3. The quantitative estimate of drug-likeness (QED) is 0.819. The molecule has 1 aromatic heterocycles. The molecule has 0 saturated heterocycles. The van der Waals surface area contributed by atoms with E-state index >= 15 is 0 Å². The van der Waals surface area contributed by atoms with Crippen molar-refractivity contribution in [1.82, 2.24) is 9.55 Å². The zero-order chi connectivity index (χ0) is 17.7. The molecular weight excluding hydrogens is 302 g/mol. The van der Waals surface area contributed by atoms with E-state index in [9.17, 15) is 4.79 Å². The zero-order valence-electron chi connectivity index (χ0n) is 15.0. The van der Waals surface area contributed by atoms with Gasteiger partial charge in [-0.1, -0.05) is 45.0 Å². The van der Waals surface area contributed by atoms with E-state index in [1.807, 2.05) is 12.5 Å². The highest BCUT2D eigenvalue weighted by atomic mass is 16.5. The minimum atomic E-state index is -0.729. The van der Waals surface area contributed by atoms with Crippen LogP contribution in [0, 0.1) is 0 Å². The number of amides is 1. The number of imidazole rings is 1. The summed E-state index contributed by atoms with van der Waals surface area (Å²) in [5.74, 6) is 0. The second-order valence-electron chi connectivity index (χ2n) is 7.13. The Bertz CT molecular complexity index is 669. The zero-order valence-corrected chi connectivity index (χ0v) is 15.0. The summed E-state index contributed by atoms with van der Waals surface area (Å²) < 4.78 is 6.84. The maximum Gasteiger partial charge on any atom is 0.404 e. The third-order valence-electron chi connectivity index (χ3n) is 4.18. The van der Waals surface area contributed by atoms with Crippen molar-refractivity contribution in [2.75, 3.05) is 6.61 Å². The van der Waals surface area contributed by atoms with Crippen LogP contribution < -0.4 is 5.73 Å². The first-order valence-electron chi connectivity index (χ1n) is 8.32. The van der Waals surface area contributed by atoms with Crippen molar-refractivity contribution < 1.29 is 9.53 Å². The lowest BCUT2D eigenvalue weighted by Gasteiger charge is -2.20. The average Bonchev–Trinajstić information content (AvgIpc) is 2.99. The van der Waals surface area contributed by atoms with Crippen LogP contribution in [-0.4, -0.2) is 22.3 Å². The van der Waals surface area contributed by atoms with Gasteiger partial charge < -0.3 is 15.0 Å². The fraction of sp³-hybridized carbons (Fsp3) is 0.474. The van der Waals surface area contributed by atoms with E-state index in [0.717, 1.165) is 12.1 Å². The van der Waals surface area contributed by atoms with Gasteiger partial charge in [0.25, 0.3) is 0 Å². The lowest BCUT2D eigenvalue weighted by atomic mass is 9.86. The van der Waals surface area contributed by atoms with Crippen molar-refractivity contribution in [3.8, 4) is 0 Å². The van der Waals surface area contributed by atoms with Crippen molar-refractivity contribution in [2.45, 2.75) is 52.0 Å². The molecule has 0 aliphatic rings. The lowest BCUT2D eigenvalue weighted by molar-refractivity contribution is 0.155. The number of aromatic nitrogens is 2. The molecule has 1 aromatic carbocycles. The van der Waals surface area contributed by atoms with Crippen LogP contribution in [-0.2, 0) is 16.6 Å². The topological polar surface area (TPSA) is 70.1 Å². The van der Waals surface area contributed by atoms with E-state index in [-0.39, 0.29) is 11.5 Å². The second kappa shape index (κ2) is 7.51. The molecule has 5 nitrogen and oxygen atoms in total. The first kappa shape index (κ1) is 18.0. The molecule has 1 atom stereocenters. The molecule has 0 radical (unpaired) electrons. The van der Waals surface area contributed by atoms with Gasteiger partial charge in [-0.2, -0.15) is 0 Å². The largest absolute Gasteiger partial charge is 0.450 e. The van der Waals surface area contributed by atoms with Crippen molar-refractivity contribution in [3.05, 3.63) is 53.6 Å². The Kier molecular flexibility index (Phi) is 5.65. The minimum absolute atomic E-state index is 0.164. The van der Waals surface area contributed by atoms with Gasteiger partial charge in [-0.3, -0.25) is 0 Å². The number of primary amides is 1. The number of ether oxygens (including phenoxy) is 1. The van der Waals surface area contributed by atoms with Crippen LogP contribution in [0.15, 0.2) is 36.8 Å². The van der Waals surface area contributed by atoms with Crippen LogP contribution in [0.1, 0.15) is 57.0 Å². The Hall–Kier alpha value is -2.30. The highest BCUT2D eigenvalue weighted by Gasteiger charge is 2.14.